The SMILES string of the molecule is CC(C)(CCN(CCO)CCO)C(N)=S. The summed E-state index contributed by atoms with van der Waals surface area (Å²) in [5.41, 5.74) is 5.45. The van der Waals surface area contributed by atoms with Crippen LogP contribution >= 0.6 is 12.2 Å². The van der Waals surface area contributed by atoms with Crippen molar-refractivity contribution in [2.24, 2.45) is 11.1 Å². The summed E-state index contributed by atoms with van der Waals surface area (Å²) < 4.78 is 0. The van der Waals surface area contributed by atoms with Crippen LogP contribution in [0.1, 0.15) is 20.3 Å². The van der Waals surface area contributed by atoms with Crippen molar-refractivity contribution in [3.05, 3.63) is 0 Å². The summed E-state index contributed by atoms with van der Waals surface area (Å²) >= 11 is 4.97. The molecule has 0 heterocycles. The molecule has 0 amide bonds. The molecule has 0 aliphatic rings. The van der Waals surface area contributed by atoms with Gasteiger partial charge in [-0.15, -0.1) is 0 Å². The van der Waals surface area contributed by atoms with E-state index in [9.17, 15) is 0 Å². The maximum Gasteiger partial charge on any atom is 0.0784 e. The van der Waals surface area contributed by atoms with Crippen molar-refractivity contribution in [2.45, 2.75) is 20.3 Å². The first-order valence-electron chi connectivity index (χ1n) is 5.18. The van der Waals surface area contributed by atoms with E-state index in [2.05, 4.69) is 0 Å². The first-order valence-corrected chi connectivity index (χ1v) is 5.59. The highest BCUT2D eigenvalue weighted by Crippen LogP contribution is 2.20. The molecule has 0 aliphatic heterocycles. The quantitative estimate of drug-likeness (QED) is 0.515. The van der Waals surface area contributed by atoms with E-state index in [4.69, 9.17) is 28.2 Å². The Hall–Kier alpha value is -0.230. The highest BCUT2D eigenvalue weighted by Gasteiger charge is 2.21. The van der Waals surface area contributed by atoms with Crippen LogP contribution in [0.2, 0.25) is 0 Å². The maximum absolute atomic E-state index is 8.83. The average molecular weight is 234 g/mol. The van der Waals surface area contributed by atoms with E-state index in [1.165, 1.54) is 0 Å². The zero-order valence-electron chi connectivity index (χ0n) is 9.57. The van der Waals surface area contributed by atoms with Crippen molar-refractivity contribution in [2.75, 3.05) is 32.8 Å². The third-order valence-corrected chi connectivity index (χ3v) is 3.11. The molecule has 0 spiro atoms. The van der Waals surface area contributed by atoms with Crippen molar-refractivity contribution in [3.63, 3.8) is 0 Å². The van der Waals surface area contributed by atoms with Crippen molar-refractivity contribution in [1.29, 1.82) is 0 Å². The van der Waals surface area contributed by atoms with E-state index < -0.39 is 0 Å². The average Bonchev–Trinajstić information content (AvgIpc) is 2.15. The van der Waals surface area contributed by atoms with E-state index >= 15 is 0 Å². The lowest BCUT2D eigenvalue weighted by Crippen LogP contribution is -2.37. The number of rotatable bonds is 8. The minimum Gasteiger partial charge on any atom is -0.395 e. The fourth-order valence-electron chi connectivity index (χ4n) is 1.18. The molecule has 0 aromatic rings. The van der Waals surface area contributed by atoms with Crippen molar-refractivity contribution < 1.29 is 10.2 Å². The molecule has 0 aliphatic carbocycles. The summed E-state index contributed by atoms with van der Waals surface area (Å²) in [6, 6.07) is 0. The second-order valence-corrected chi connectivity index (χ2v) is 4.73. The standard InChI is InChI=1S/C10H22N2O2S/c1-10(2,9(11)15)3-4-12(5-7-13)6-8-14/h13-14H,3-8H2,1-2H3,(H2,11,15). The molecule has 0 aromatic heterocycles. The second-order valence-electron chi connectivity index (χ2n) is 4.29. The first kappa shape index (κ1) is 14.8. The Morgan fingerprint density at radius 2 is 1.67 bits per heavy atom. The topological polar surface area (TPSA) is 69.7 Å². The lowest BCUT2D eigenvalue weighted by atomic mass is 9.89. The molecule has 0 bridgehead atoms. The van der Waals surface area contributed by atoms with Gasteiger partial charge in [-0.2, -0.15) is 0 Å². The van der Waals surface area contributed by atoms with Crippen molar-refractivity contribution in [3.8, 4) is 0 Å². The molecule has 0 saturated carbocycles. The molecule has 5 heteroatoms. The molecule has 0 atom stereocenters. The predicted molar refractivity (Wildman–Crippen MR) is 65.8 cm³/mol. The molecular weight excluding hydrogens is 212 g/mol. The third-order valence-electron chi connectivity index (χ3n) is 2.55. The van der Waals surface area contributed by atoms with Gasteiger partial charge >= 0.3 is 0 Å². The minimum absolute atomic E-state index is 0.105. The maximum atomic E-state index is 8.83. The first-order chi connectivity index (χ1) is 6.94. The van der Waals surface area contributed by atoms with Crippen LogP contribution in [0.15, 0.2) is 0 Å². The second kappa shape index (κ2) is 7.11. The molecule has 0 aromatic carbocycles. The van der Waals surface area contributed by atoms with Gasteiger partial charge in [-0.25, -0.2) is 0 Å². The summed E-state index contributed by atoms with van der Waals surface area (Å²) in [5.74, 6) is 0. The van der Waals surface area contributed by atoms with Crippen molar-refractivity contribution in [1.82, 2.24) is 4.90 Å². The smallest absolute Gasteiger partial charge is 0.0784 e. The van der Waals surface area contributed by atoms with Gasteiger partial charge in [-0.1, -0.05) is 26.1 Å². The van der Waals surface area contributed by atoms with Crippen LogP contribution in [0, 0.1) is 5.41 Å². The van der Waals surface area contributed by atoms with Gasteiger partial charge in [0, 0.05) is 18.5 Å². The summed E-state index contributed by atoms with van der Waals surface area (Å²) in [7, 11) is 0. The molecular formula is C10H22N2O2S. The van der Waals surface area contributed by atoms with E-state index in [1.54, 1.807) is 0 Å². The van der Waals surface area contributed by atoms with Crippen LogP contribution < -0.4 is 5.73 Å². The van der Waals surface area contributed by atoms with Crippen LogP contribution in [0.3, 0.4) is 0 Å². The zero-order chi connectivity index (χ0) is 11.9. The van der Waals surface area contributed by atoms with Gasteiger partial charge < -0.3 is 15.9 Å². The van der Waals surface area contributed by atoms with Crippen LogP contribution in [-0.2, 0) is 0 Å². The van der Waals surface area contributed by atoms with Crippen LogP contribution in [-0.4, -0.2) is 52.9 Å². The van der Waals surface area contributed by atoms with Crippen LogP contribution in [0.5, 0.6) is 0 Å². The van der Waals surface area contributed by atoms with Gasteiger partial charge in [0.15, 0.2) is 0 Å². The fourth-order valence-corrected chi connectivity index (χ4v) is 1.28. The fraction of sp³-hybridized carbons (Fsp3) is 0.900. The molecule has 0 radical (unpaired) electrons. The summed E-state index contributed by atoms with van der Waals surface area (Å²) in [4.78, 5) is 2.51. The number of nitrogens with two attached hydrogens (primary N) is 1. The van der Waals surface area contributed by atoms with Crippen LogP contribution in [0.25, 0.3) is 0 Å². The highest BCUT2D eigenvalue weighted by atomic mass is 32.1. The molecule has 0 saturated heterocycles. The van der Waals surface area contributed by atoms with E-state index in [-0.39, 0.29) is 18.6 Å². The number of aliphatic hydroxyl groups excluding tert-OH is 2. The summed E-state index contributed by atoms with van der Waals surface area (Å²) in [5, 5.41) is 17.7. The number of hydrogen-bond donors (Lipinski definition) is 3. The molecule has 90 valence electrons. The number of nitrogens with zero attached hydrogens (tertiary/aromatic N) is 1. The van der Waals surface area contributed by atoms with Gasteiger partial charge in [0.25, 0.3) is 0 Å². The normalized spacial score (nSPS) is 12.1. The monoisotopic (exact) mass is 234 g/mol. The Labute approximate surface area is 97.1 Å². The zero-order valence-corrected chi connectivity index (χ0v) is 10.4. The Morgan fingerprint density at radius 1 is 1.20 bits per heavy atom. The van der Waals surface area contributed by atoms with E-state index in [0.29, 0.717) is 18.1 Å². The largest absolute Gasteiger partial charge is 0.395 e. The van der Waals surface area contributed by atoms with E-state index in [0.717, 1.165) is 13.0 Å². The summed E-state index contributed by atoms with van der Waals surface area (Å²) in [6.07, 6.45) is 0.836. The molecule has 0 rings (SSSR count). The lowest BCUT2D eigenvalue weighted by Gasteiger charge is -2.27. The lowest BCUT2D eigenvalue weighted by molar-refractivity contribution is 0.152. The van der Waals surface area contributed by atoms with Gasteiger partial charge in [-0.05, 0) is 13.0 Å². The highest BCUT2D eigenvalue weighted by molar-refractivity contribution is 7.80. The van der Waals surface area contributed by atoms with Crippen LogP contribution in [0.4, 0.5) is 0 Å². The van der Waals surface area contributed by atoms with Gasteiger partial charge in [0.05, 0.1) is 18.2 Å². The molecule has 0 fully saturated rings. The Morgan fingerprint density at radius 3 is 2.00 bits per heavy atom. The molecule has 15 heavy (non-hydrogen) atoms. The summed E-state index contributed by atoms with van der Waals surface area (Å²) in [6.45, 7) is 6.16. The number of aliphatic hydroxyl groups is 2. The Kier molecular flexibility index (Phi) is 7.00. The third kappa shape index (κ3) is 6.04. The van der Waals surface area contributed by atoms with Gasteiger partial charge in [0.2, 0.25) is 0 Å². The molecule has 0 unspecified atom stereocenters. The number of thiocarbonyl (C=S) groups is 1. The van der Waals surface area contributed by atoms with E-state index in [1.807, 2.05) is 18.7 Å². The molecule has 4 nitrogen and oxygen atoms in total. The van der Waals surface area contributed by atoms with Gasteiger partial charge in [-0.3, -0.25) is 4.90 Å². The molecule has 4 N–H and O–H groups in total. The minimum atomic E-state index is -0.168. The van der Waals surface area contributed by atoms with Gasteiger partial charge in [0.1, 0.15) is 0 Å². The predicted octanol–water partition coefficient (Wildman–Crippen LogP) is -0.0246. The Balaban J connectivity index is 4.02. The van der Waals surface area contributed by atoms with Crippen molar-refractivity contribution >= 4 is 17.2 Å². The Bertz CT molecular complexity index is 192. The number of hydrogen-bond acceptors (Lipinski definition) is 4.